The van der Waals surface area contributed by atoms with Crippen molar-refractivity contribution in [1.29, 1.82) is 0 Å². The zero-order valence-electron chi connectivity index (χ0n) is 11.7. The summed E-state index contributed by atoms with van der Waals surface area (Å²) >= 11 is 0. The Kier molecular flexibility index (Phi) is 2.22. The van der Waals surface area contributed by atoms with E-state index in [9.17, 15) is 0 Å². The van der Waals surface area contributed by atoms with Crippen LogP contribution in [0.4, 0.5) is 0 Å². The van der Waals surface area contributed by atoms with Gasteiger partial charge in [-0.05, 0) is 24.5 Å². The van der Waals surface area contributed by atoms with Gasteiger partial charge in [-0.15, -0.1) is 0 Å². The molecule has 1 aromatic heterocycles. The number of hydrogen-bond acceptors (Lipinski definition) is 0. The van der Waals surface area contributed by atoms with Gasteiger partial charge in [-0.25, -0.2) is 0 Å². The third-order valence-electron chi connectivity index (χ3n) is 5.87. The van der Waals surface area contributed by atoms with Crippen molar-refractivity contribution in [3.63, 3.8) is 0 Å². The Labute approximate surface area is 119 Å². The summed E-state index contributed by atoms with van der Waals surface area (Å²) in [6.45, 7) is 2.71. The third-order valence-corrected chi connectivity index (χ3v) is 5.87. The van der Waals surface area contributed by atoms with E-state index >= 15 is 0 Å². The Morgan fingerprint density at radius 2 is 2.00 bits per heavy atom. The molecule has 3 aliphatic rings. The number of aromatic nitrogens is 1. The molecule has 5 rings (SSSR count). The van der Waals surface area contributed by atoms with Gasteiger partial charge in [0.25, 0.3) is 0 Å². The molecule has 2 aromatic rings. The van der Waals surface area contributed by atoms with Gasteiger partial charge in [0.1, 0.15) is 6.04 Å². The third kappa shape index (κ3) is 1.38. The highest BCUT2D eigenvalue weighted by atomic mass is 15.2. The van der Waals surface area contributed by atoms with Crippen molar-refractivity contribution >= 4 is 10.9 Å². The number of benzene rings is 1. The minimum absolute atomic E-state index is 0.723. The van der Waals surface area contributed by atoms with Crippen LogP contribution < -0.4 is 4.90 Å². The number of aromatic amines is 1. The summed E-state index contributed by atoms with van der Waals surface area (Å²) in [6.07, 6.45) is 8.66. The van der Waals surface area contributed by atoms with E-state index in [1.165, 1.54) is 43.3 Å². The lowest BCUT2D eigenvalue weighted by molar-refractivity contribution is -0.923. The minimum Gasteiger partial charge on any atom is -0.353 e. The molecule has 3 heterocycles. The Hall–Kier alpha value is -1.54. The predicted molar refractivity (Wildman–Crippen MR) is 80.8 cm³/mol. The first-order valence-corrected chi connectivity index (χ1v) is 8.01. The van der Waals surface area contributed by atoms with Crippen molar-refractivity contribution in [2.45, 2.75) is 25.3 Å². The maximum Gasteiger partial charge on any atom is 0.132 e. The summed E-state index contributed by atoms with van der Waals surface area (Å²) in [5.74, 6) is 1.78. The molecule has 2 aliphatic heterocycles. The van der Waals surface area contributed by atoms with Crippen LogP contribution in [0, 0.1) is 11.8 Å². The number of nitrogens with one attached hydrogen (secondary N) is 2. The van der Waals surface area contributed by atoms with Crippen LogP contribution in [0.3, 0.4) is 0 Å². The summed E-state index contributed by atoms with van der Waals surface area (Å²) in [5, 5.41) is 1.47. The molecule has 1 aliphatic carbocycles. The Balaban J connectivity index is 1.68. The quantitative estimate of drug-likeness (QED) is 0.682. The van der Waals surface area contributed by atoms with E-state index in [2.05, 4.69) is 41.4 Å². The first-order chi connectivity index (χ1) is 9.92. The van der Waals surface area contributed by atoms with Gasteiger partial charge in [-0.3, -0.25) is 0 Å². The highest BCUT2D eigenvalue weighted by molar-refractivity contribution is 5.85. The van der Waals surface area contributed by atoms with Crippen molar-refractivity contribution in [2.75, 3.05) is 13.1 Å². The van der Waals surface area contributed by atoms with Crippen molar-refractivity contribution in [1.82, 2.24) is 4.98 Å². The van der Waals surface area contributed by atoms with Gasteiger partial charge in [0.05, 0.1) is 18.8 Å². The number of H-pyrrole nitrogens is 1. The second kappa shape index (κ2) is 3.98. The molecule has 4 atom stereocenters. The second-order valence-corrected chi connectivity index (χ2v) is 6.77. The van der Waals surface area contributed by atoms with Crippen LogP contribution in [0.25, 0.3) is 10.9 Å². The lowest BCUT2D eigenvalue weighted by Gasteiger charge is -2.30. The van der Waals surface area contributed by atoms with Crippen LogP contribution in [0.15, 0.2) is 36.4 Å². The standard InChI is InChI=1S/C18H20N2/c1-2-6-13-12(5-1)11-20-10-9-15-14-7-3-4-8-16(14)19-17(15)18(13)20/h1-4,7-8,12-13,18-19H,5-6,9-11H2/p+1/t12-,13-,18-/m1/s1. The van der Waals surface area contributed by atoms with Crippen LogP contribution in [-0.4, -0.2) is 18.1 Å². The smallest absolute Gasteiger partial charge is 0.132 e. The minimum atomic E-state index is 0.723. The molecular weight excluding hydrogens is 244 g/mol. The highest BCUT2D eigenvalue weighted by Crippen LogP contribution is 2.41. The number of rotatable bonds is 0. The van der Waals surface area contributed by atoms with Crippen molar-refractivity contribution in [3.05, 3.63) is 47.7 Å². The van der Waals surface area contributed by atoms with E-state index in [0.717, 1.165) is 17.9 Å². The zero-order valence-corrected chi connectivity index (χ0v) is 11.7. The Morgan fingerprint density at radius 1 is 1.10 bits per heavy atom. The van der Waals surface area contributed by atoms with E-state index in [1.807, 2.05) is 4.90 Å². The van der Waals surface area contributed by atoms with Gasteiger partial charge in [-0.2, -0.15) is 0 Å². The summed E-state index contributed by atoms with van der Waals surface area (Å²) in [4.78, 5) is 5.61. The van der Waals surface area contributed by atoms with E-state index < -0.39 is 0 Å². The monoisotopic (exact) mass is 265 g/mol. The molecule has 1 fully saturated rings. The lowest BCUT2D eigenvalue weighted by Crippen LogP contribution is -3.11. The molecule has 0 radical (unpaired) electrons. The fraction of sp³-hybridized carbons (Fsp3) is 0.444. The molecule has 1 unspecified atom stereocenters. The topological polar surface area (TPSA) is 20.2 Å². The number of quaternary nitrogens is 1. The Morgan fingerprint density at radius 3 is 3.00 bits per heavy atom. The fourth-order valence-electron chi connectivity index (χ4n) is 5.02. The van der Waals surface area contributed by atoms with Crippen LogP contribution in [-0.2, 0) is 6.42 Å². The lowest BCUT2D eigenvalue weighted by atomic mass is 9.80. The van der Waals surface area contributed by atoms with Crippen LogP contribution in [0.2, 0.25) is 0 Å². The van der Waals surface area contributed by atoms with Gasteiger partial charge >= 0.3 is 0 Å². The molecule has 2 nitrogen and oxygen atoms in total. The van der Waals surface area contributed by atoms with Gasteiger partial charge in [-0.1, -0.05) is 30.4 Å². The maximum absolute atomic E-state index is 3.78. The van der Waals surface area contributed by atoms with E-state index in [-0.39, 0.29) is 0 Å². The number of allylic oxidation sites excluding steroid dienone is 2. The first kappa shape index (κ1) is 11.2. The number of para-hydroxylation sites is 1. The molecule has 102 valence electrons. The molecule has 0 bridgehead atoms. The first-order valence-electron chi connectivity index (χ1n) is 8.01. The summed E-state index contributed by atoms with van der Waals surface area (Å²) in [6, 6.07) is 9.58. The molecule has 0 spiro atoms. The molecule has 1 saturated heterocycles. The highest BCUT2D eigenvalue weighted by Gasteiger charge is 2.49. The van der Waals surface area contributed by atoms with Gasteiger partial charge in [0.2, 0.25) is 0 Å². The molecule has 20 heavy (non-hydrogen) atoms. The normalized spacial score (nSPS) is 34.8. The maximum atomic E-state index is 3.78. The van der Waals surface area contributed by atoms with E-state index in [1.54, 1.807) is 11.3 Å². The molecule has 1 aromatic carbocycles. The Bertz CT molecular complexity index is 697. The van der Waals surface area contributed by atoms with Gasteiger partial charge < -0.3 is 9.88 Å². The summed E-state index contributed by atoms with van der Waals surface area (Å²) in [7, 11) is 0. The zero-order chi connectivity index (χ0) is 13.1. The molecular formula is C18H21N2+. The number of fused-ring (bicyclic) bond motifs is 7. The van der Waals surface area contributed by atoms with Gasteiger partial charge in [0.15, 0.2) is 0 Å². The molecule has 0 amide bonds. The summed E-state index contributed by atoms with van der Waals surface area (Å²) < 4.78 is 0. The molecule has 2 heteroatoms. The largest absolute Gasteiger partial charge is 0.353 e. The van der Waals surface area contributed by atoms with Crippen molar-refractivity contribution in [3.8, 4) is 0 Å². The molecule has 0 saturated carbocycles. The average Bonchev–Trinajstić information content (AvgIpc) is 3.04. The van der Waals surface area contributed by atoms with E-state index in [0.29, 0.717) is 0 Å². The molecule has 2 N–H and O–H groups in total. The SMILES string of the molecule is C1=CC[C@@H]2[C@H](C1)C[NH+]1CCc3c([nH]c4ccccc34)[C@@H]21. The van der Waals surface area contributed by atoms with Crippen LogP contribution >= 0.6 is 0 Å². The summed E-state index contributed by atoms with van der Waals surface area (Å²) in [5.41, 5.74) is 4.52. The average molecular weight is 265 g/mol. The fourth-order valence-corrected chi connectivity index (χ4v) is 5.02. The van der Waals surface area contributed by atoms with Crippen LogP contribution in [0.5, 0.6) is 0 Å². The second-order valence-electron chi connectivity index (χ2n) is 6.77. The number of hydrogen-bond donors (Lipinski definition) is 2. The van der Waals surface area contributed by atoms with Gasteiger partial charge in [0, 0.05) is 29.2 Å². The predicted octanol–water partition coefficient (Wildman–Crippen LogP) is 2.25. The van der Waals surface area contributed by atoms with Crippen LogP contribution in [0.1, 0.15) is 30.1 Å². The van der Waals surface area contributed by atoms with E-state index in [4.69, 9.17) is 0 Å². The van der Waals surface area contributed by atoms with Crippen molar-refractivity contribution < 1.29 is 4.90 Å². The van der Waals surface area contributed by atoms with Crippen molar-refractivity contribution in [2.24, 2.45) is 11.8 Å².